The summed E-state index contributed by atoms with van der Waals surface area (Å²) in [5, 5.41) is 0. The van der Waals surface area contributed by atoms with Crippen LogP contribution in [0.4, 0.5) is 0 Å². The highest BCUT2D eigenvalue weighted by molar-refractivity contribution is 5.97. The minimum atomic E-state index is 0. The summed E-state index contributed by atoms with van der Waals surface area (Å²) in [5.74, 6) is 0.894. The van der Waals surface area contributed by atoms with Crippen LogP contribution in [0.5, 0.6) is 5.75 Å². The lowest BCUT2D eigenvalue weighted by Crippen LogP contribution is -1.97. The topological polar surface area (TPSA) is 26.3 Å². The van der Waals surface area contributed by atoms with Gasteiger partial charge in [0.15, 0.2) is 5.78 Å². The average Bonchev–Trinajstić information content (AvgIpc) is 2.53. The molecule has 76 valence electrons. The van der Waals surface area contributed by atoms with Gasteiger partial charge in [0.1, 0.15) is 5.75 Å². The van der Waals surface area contributed by atoms with Gasteiger partial charge in [0.25, 0.3) is 0 Å². The zero-order valence-corrected chi connectivity index (χ0v) is 7.89. The molecule has 0 aromatic heterocycles. The predicted octanol–water partition coefficient (Wildman–Crippen LogP) is 2.77. The molecule has 0 spiro atoms. The summed E-state index contributed by atoms with van der Waals surface area (Å²) in [6, 6.07) is 3.84. The summed E-state index contributed by atoms with van der Waals surface area (Å²) in [5.41, 5.74) is 3.14. The molecule has 0 amide bonds. The van der Waals surface area contributed by atoms with Gasteiger partial charge < -0.3 is 4.74 Å². The van der Waals surface area contributed by atoms with Gasteiger partial charge in [-0.05, 0) is 25.5 Å². The van der Waals surface area contributed by atoms with Crippen LogP contribution in [0.25, 0.3) is 0 Å². The highest BCUT2D eigenvalue weighted by atomic mass is 16.5. The van der Waals surface area contributed by atoms with Crippen molar-refractivity contribution in [2.45, 2.75) is 27.7 Å². The molecule has 0 saturated carbocycles. The van der Waals surface area contributed by atoms with E-state index >= 15 is 0 Å². The molecule has 0 aliphatic carbocycles. The van der Waals surface area contributed by atoms with Crippen molar-refractivity contribution < 1.29 is 9.53 Å². The molecule has 0 radical (unpaired) electrons. The Morgan fingerprint density at radius 3 is 2.79 bits per heavy atom. The molecule has 14 heavy (non-hydrogen) atoms. The second kappa shape index (κ2) is 3.82. The van der Waals surface area contributed by atoms with E-state index in [-0.39, 0.29) is 13.2 Å². The lowest BCUT2D eigenvalue weighted by Gasteiger charge is -2.06. The van der Waals surface area contributed by atoms with Gasteiger partial charge in [0.2, 0.25) is 0 Å². The number of benzene rings is 1. The van der Waals surface area contributed by atoms with Crippen LogP contribution in [0.2, 0.25) is 0 Å². The Morgan fingerprint density at radius 2 is 2.14 bits per heavy atom. The van der Waals surface area contributed by atoms with E-state index in [9.17, 15) is 4.79 Å². The van der Waals surface area contributed by atoms with E-state index in [1.54, 1.807) is 6.92 Å². The van der Waals surface area contributed by atoms with Crippen molar-refractivity contribution in [2.24, 2.45) is 0 Å². The smallest absolute Gasteiger partial charge is 0.163 e. The number of aryl methyl sites for hydroxylation is 1. The summed E-state index contributed by atoms with van der Waals surface area (Å²) in [6.45, 7) is 4.34. The van der Waals surface area contributed by atoms with Crippen LogP contribution in [0.1, 0.15) is 35.8 Å². The number of rotatable bonds is 1. The second-order valence-corrected chi connectivity index (χ2v) is 3.39. The molecule has 0 saturated heterocycles. The van der Waals surface area contributed by atoms with Gasteiger partial charge in [-0.3, -0.25) is 4.79 Å². The van der Waals surface area contributed by atoms with Crippen molar-refractivity contribution in [3.05, 3.63) is 28.8 Å². The molecule has 2 rings (SSSR count). The quantitative estimate of drug-likeness (QED) is 0.639. The largest absolute Gasteiger partial charge is 0.492 e. The van der Waals surface area contributed by atoms with E-state index in [0.717, 1.165) is 17.7 Å². The average molecular weight is 192 g/mol. The standard InChI is InChI=1S/C11H12O2.CH4/c1-7-3-4-10(8(2)12)11-9(7)5-6-13-11;/h3-4H,5-6H2,1-2H3;1H4. The van der Waals surface area contributed by atoms with Gasteiger partial charge in [-0.2, -0.15) is 0 Å². The minimum Gasteiger partial charge on any atom is -0.492 e. The Kier molecular flexibility index (Phi) is 2.94. The first-order valence-corrected chi connectivity index (χ1v) is 4.46. The monoisotopic (exact) mass is 192 g/mol. The van der Waals surface area contributed by atoms with Crippen LogP contribution in [-0.2, 0) is 6.42 Å². The molecular weight excluding hydrogens is 176 g/mol. The Labute approximate surface area is 84.9 Å². The fourth-order valence-electron chi connectivity index (χ4n) is 1.73. The van der Waals surface area contributed by atoms with E-state index in [0.29, 0.717) is 6.61 Å². The van der Waals surface area contributed by atoms with Crippen LogP contribution in [-0.4, -0.2) is 12.4 Å². The van der Waals surface area contributed by atoms with Crippen molar-refractivity contribution in [3.63, 3.8) is 0 Å². The first-order chi connectivity index (χ1) is 6.20. The number of carbonyl (C=O) groups excluding carboxylic acids is 1. The van der Waals surface area contributed by atoms with Gasteiger partial charge in [-0.15, -0.1) is 0 Å². The number of ether oxygens (including phenoxy) is 1. The Bertz CT molecular complexity index is 367. The number of hydrogen-bond acceptors (Lipinski definition) is 2. The Hall–Kier alpha value is -1.31. The van der Waals surface area contributed by atoms with Crippen LogP contribution in [0, 0.1) is 6.92 Å². The summed E-state index contributed by atoms with van der Waals surface area (Å²) in [6.07, 6.45) is 0.933. The van der Waals surface area contributed by atoms with Crippen molar-refractivity contribution in [2.75, 3.05) is 6.61 Å². The molecule has 0 fully saturated rings. The van der Waals surface area contributed by atoms with E-state index in [1.165, 1.54) is 11.1 Å². The lowest BCUT2D eigenvalue weighted by atomic mass is 10.0. The van der Waals surface area contributed by atoms with Crippen LogP contribution >= 0.6 is 0 Å². The maximum absolute atomic E-state index is 11.2. The Balaban J connectivity index is 0.000000980. The summed E-state index contributed by atoms with van der Waals surface area (Å²) in [7, 11) is 0. The van der Waals surface area contributed by atoms with Gasteiger partial charge >= 0.3 is 0 Å². The molecule has 0 bridgehead atoms. The summed E-state index contributed by atoms with van der Waals surface area (Å²) in [4.78, 5) is 11.2. The van der Waals surface area contributed by atoms with Gasteiger partial charge in [0.05, 0.1) is 12.2 Å². The van der Waals surface area contributed by atoms with Crippen LogP contribution in [0.15, 0.2) is 12.1 Å². The molecule has 2 heteroatoms. The summed E-state index contributed by atoms with van der Waals surface area (Å²) < 4.78 is 5.45. The van der Waals surface area contributed by atoms with E-state index in [2.05, 4.69) is 6.92 Å². The maximum Gasteiger partial charge on any atom is 0.163 e. The highest BCUT2D eigenvalue weighted by Gasteiger charge is 2.20. The number of carbonyl (C=O) groups is 1. The normalized spacial score (nSPS) is 12.7. The third-order valence-electron chi connectivity index (χ3n) is 2.47. The molecule has 1 aliphatic rings. The second-order valence-electron chi connectivity index (χ2n) is 3.39. The SMILES string of the molecule is C.CC(=O)c1ccc(C)c2c1OCC2. The van der Waals surface area contributed by atoms with Crippen molar-refractivity contribution >= 4 is 5.78 Å². The lowest BCUT2D eigenvalue weighted by molar-refractivity contribution is 0.101. The molecular formula is C12H16O2. The number of Topliss-reactive ketones (excluding diaryl/α,β-unsaturated/α-hetero) is 1. The van der Waals surface area contributed by atoms with Gasteiger partial charge in [-0.25, -0.2) is 0 Å². The Morgan fingerprint density at radius 1 is 1.43 bits per heavy atom. The molecule has 1 aliphatic heterocycles. The molecule has 0 N–H and O–H groups in total. The fraction of sp³-hybridized carbons (Fsp3) is 0.417. The minimum absolute atomic E-state index is 0. The predicted molar refractivity (Wildman–Crippen MR) is 57.1 cm³/mol. The molecule has 1 aromatic carbocycles. The highest BCUT2D eigenvalue weighted by Crippen LogP contribution is 2.32. The van der Waals surface area contributed by atoms with Crippen molar-refractivity contribution in [1.29, 1.82) is 0 Å². The number of ketones is 1. The first-order valence-electron chi connectivity index (χ1n) is 4.46. The van der Waals surface area contributed by atoms with Crippen molar-refractivity contribution in [3.8, 4) is 5.75 Å². The molecule has 2 nitrogen and oxygen atoms in total. The zero-order chi connectivity index (χ0) is 9.42. The third kappa shape index (κ3) is 1.52. The summed E-state index contributed by atoms with van der Waals surface area (Å²) >= 11 is 0. The molecule has 0 atom stereocenters. The zero-order valence-electron chi connectivity index (χ0n) is 7.89. The third-order valence-corrected chi connectivity index (χ3v) is 2.47. The van der Waals surface area contributed by atoms with Gasteiger partial charge in [-0.1, -0.05) is 13.5 Å². The van der Waals surface area contributed by atoms with Crippen molar-refractivity contribution in [1.82, 2.24) is 0 Å². The number of hydrogen-bond donors (Lipinski definition) is 0. The first kappa shape index (κ1) is 10.8. The maximum atomic E-state index is 11.2. The van der Waals surface area contributed by atoms with Crippen LogP contribution < -0.4 is 4.74 Å². The van der Waals surface area contributed by atoms with Crippen LogP contribution in [0.3, 0.4) is 0 Å². The number of fused-ring (bicyclic) bond motifs is 1. The van der Waals surface area contributed by atoms with E-state index in [4.69, 9.17) is 4.74 Å². The molecule has 1 aromatic rings. The molecule has 0 unspecified atom stereocenters. The van der Waals surface area contributed by atoms with E-state index in [1.807, 2.05) is 12.1 Å². The van der Waals surface area contributed by atoms with E-state index < -0.39 is 0 Å². The fourth-order valence-corrected chi connectivity index (χ4v) is 1.73. The van der Waals surface area contributed by atoms with Gasteiger partial charge in [0, 0.05) is 12.0 Å². The molecule has 1 heterocycles.